The van der Waals surface area contributed by atoms with E-state index in [1.165, 1.54) is 22.6 Å². The third-order valence-corrected chi connectivity index (χ3v) is 2.43. The molecule has 2 nitrogen and oxygen atoms in total. The van der Waals surface area contributed by atoms with Crippen LogP contribution in [0.25, 0.3) is 0 Å². The molecule has 14 heavy (non-hydrogen) atoms. The predicted molar refractivity (Wildman–Crippen MR) is 51.3 cm³/mol. The van der Waals surface area contributed by atoms with Gasteiger partial charge in [-0.05, 0) is 38.5 Å². The van der Waals surface area contributed by atoms with Gasteiger partial charge in [-0.15, -0.1) is 13.2 Å². The van der Waals surface area contributed by atoms with Crippen LogP contribution >= 0.6 is 38.5 Å². The molecule has 0 aromatic carbocycles. The molecule has 0 atom stereocenters. The van der Waals surface area contributed by atoms with Gasteiger partial charge in [-0.3, -0.25) is 0 Å². The van der Waals surface area contributed by atoms with Crippen molar-refractivity contribution < 1.29 is 22.3 Å². The second-order valence-corrected chi connectivity index (χ2v) is 4.00. The van der Waals surface area contributed by atoms with Crippen LogP contribution in [0.3, 0.4) is 0 Å². The van der Waals surface area contributed by atoms with Crippen molar-refractivity contribution in [2.24, 2.45) is 0 Å². The van der Waals surface area contributed by atoms with E-state index >= 15 is 0 Å². The molecule has 78 valence electrons. The summed E-state index contributed by atoms with van der Waals surface area (Å²) in [5, 5.41) is 0. The lowest BCUT2D eigenvalue weighted by molar-refractivity contribution is -0.276. The highest BCUT2D eigenvalue weighted by molar-refractivity contribution is 14.1. The molecule has 0 saturated carbocycles. The van der Waals surface area contributed by atoms with E-state index in [-0.39, 0.29) is 8.17 Å². The van der Waals surface area contributed by atoms with Gasteiger partial charge in [0, 0.05) is 6.20 Å². The highest BCUT2D eigenvalue weighted by Gasteiger charge is 2.34. The second kappa shape index (κ2) is 4.17. The van der Waals surface area contributed by atoms with Crippen molar-refractivity contribution in [3.8, 4) is 5.75 Å². The number of halogens is 6. The lowest BCUT2D eigenvalue weighted by Gasteiger charge is -2.11. The van der Waals surface area contributed by atoms with E-state index in [9.17, 15) is 17.6 Å². The van der Waals surface area contributed by atoms with E-state index in [1.54, 1.807) is 0 Å². The summed E-state index contributed by atoms with van der Waals surface area (Å²) in [6.45, 7) is 0. The third kappa shape index (κ3) is 2.94. The first-order chi connectivity index (χ1) is 6.31. The molecule has 0 saturated heterocycles. The first-order valence-corrected chi connectivity index (χ1v) is 4.93. The van der Waals surface area contributed by atoms with Gasteiger partial charge in [-0.25, -0.2) is 4.98 Å². The van der Waals surface area contributed by atoms with Gasteiger partial charge in [-0.1, -0.05) is 0 Å². The summed E-state index contributed by atoms with van der Waals surface area (Å²) < 4.78 is 51.6. The monoisotopic (exact) mass is 385 g/mol. The molecule has 1 aromatic heterocycles. The minimum atomic E-state index is -4.92. The zero-order valence-electron chi connectivity index (χ0n) is 6.20. The lowest BCUT2D eigenvalue weighted by Crippen LogP contribution is -2.19. The van der Waals surface area contributed by atoms with Crippen LogP contribution in [0.2, 0.25) is 0 Å². The number of rotatable bonds is 1. The molecule has 1 heterocycles. The fraction of sp³-hybridized carbons (Fsp3) is 0.167. The maximum Gasteiger partial charge on any atom is 0.573 e. The Balaban J connectivity index is 3.13. The average Bonchev–Trinajstić information content (AvgIpc) is 2.04. The number of ether oxygens (including phenoxy) is 1. The maximum atomic E-state index is 13.1. The smallest absolute Gasteiger partial charge is 0.401 e. The Morgan fingerprint density at radius 2 is 2.00 bits per heavy atom. The van der Waals surface area contributed by atoms with E-state index in [2.05, 4.69) is 25.7 Å². The molecular weight excluding hydrogens is 385 g/mol. The molecule has 0 aliphatic rings. The van der Waals surface area contributed by atoms with E-state index in [1.807, 2.05) is 0 Å². The topological polar surface area (TPSA) is 22.1 Å². The average molecular weight is 386 g/mol. The van der Waals surface area contributed by atoms with Crippen LogP contribution in [0.1, 0.15) is 0 Å². The quantitative estimate of drug-likeness (QED) is 0.419. The van der Waals surface area contributed by atoms with Crippen LogP contribution in [0.5, 0.6) is 5.75 Å². The molecular formula is C6HBrF4INO. The van der Waals surface area contributed by atoms with Crippen LogP contribution in [0.4, 0.5) is 17.6 Å². The van der Waals surface area contributed by atoms with Gasteiger partial charge < -0.3 is 4.74 Å². The second-order valence-electron chi connectivity index (χ2n) is 2.09. The van der Waals surface area contributed by atoms with Gasteiger partial charge in [-0.2, -0.15) is 4.39 Å². The Morgan fingerprint density at radius 3 is 2.50 bits per heavy atom. The van der Waals surface area contributed by atoms with Crippen molar-refractivity contribution >= 4 is 38.5 Å². The summed E-state index contributed by atoms with van der Waals surface area (Å²) in [5.41, 5.74) is 0. The number of alkyl halides is 3. The Bertz CT molecular complexity index is 356. The van der Waals surface area contributed by atoms with Crippen molar-refractivity contribution in [1.29, 1.82) is 0 Å². The largest absolute Gasteiger partial charge is 0.573 e. The van der Waals surface area contributed by atoms with Gasteiger partial charge in [0.05, 0.1) is 3.57 Å². The standard InChI is InChI=1S/C6HBrF4INO/c7-5-3(8)4(2(12)1-13-5)14-6(9,10)11/h1H. The van der Waals surface area contributed by atoms with Gasteiger partial charge >= 0.3 is 6.36 Å². The van der Waals surface area contributed by atoms with Gasteiger partial charge in [0.2, 0.25) is 0 Å². The third-order valence-electron chi connectivity index (χ3n) is 1.11. The van der Waals surface area contributed by atoms with Crippen LogP contribution < -0.4 is 4.74 Å². The predicted octanol–water partition coefficient (Wildman–Crippen LogP) is 3.49. The summed E-state index contributed by atoms with van der Waals surface area (Å²) in [6, 6.07) is 0. The molecule has 0 radical (unpaired) electrons. The zero-order chi connectivity index (χ0) is 10.9. The van der Waals surface area contributed by atoms with Crippen molar-refractivity contribution in [3.63, 3.8) is 0 Å². The van der Waals surface area contributed by atoms with Crippen molar-refractivity contribution in [2.45, 2.75) is 6.36 Å². The molecule has 0 bridgehead atoms. The van der Waals surface area contributed by atoms with Crippen LogP contribution in [0.15, 0.2) is 10.8 Å². The number of hydrogen-bond acceptors (Lipinski definition) is 2. The van der Waals surface area contributed by atoms with Crippen LogP contribution in [0, 0.1) is 9.39 Å². The summed E-state index contributed by atoms with van der Waals surface area (Å²) in [4.78, 5) is 3.46. The molecule has 0 aliphatic carbocycles. The maximum absolute atomic E-state index is 13.1. The van der Waals surface area contributed by atoms with Gasteiger partial charge in [0.25, 0.3) is 0 Å². The van der Waals surface area contributed by atoms with E-state index in [0.29, 0.717) is 0 Å². The summed E-state index contributed by atoms with van der Waals surface area (Å²) in [7, 11) is 0. The Hall–Kier alpha value is -0.120. The minimum Gasteiger partial charge on any atom is -0.401 e. The zero-order valence-corrected chi connectivity index (χ0v) is 9.94. The summed E-state index contributed by atoms with van der Waals surface area (Å²) in [6.07, 6.45) is -3.85. The van der Waals surface area contributed by atoms with Crippen molar-refractivity contribution in [3.05, 3.63) is 20.2 Å². The molecule has 0 unspecified atom stereocenters. The SMILES string of the molecule is Fc1c(Br)ncc(I)c1OC(F)(F)F. The first kappa shape index (κ1) is 12.0. The first-order valence-electron chi connectivity index (χ1n) is 3.06. The Kier molecular flexibility index (Phi) is 3.56. The summed E-state index contributed by atoms with van der Waals surface area (Å²) >= 11 is 4.15. The highest BCUT2D eigenvalue weighted by Crippen LogP contribution is 2.32. The number of nitrogens with zero attached hydrogens (tertiary/aromatic N) is 1. The number of pyridine rings is 1. The fourth-order valence-corrected chi connectivity index (χ4v) is 1.41. The molecule has 1 rings (SSSR count). The van der Waals surface area contributed by atoms with E-state index in [4.69, 9.17) is 0 Å². The molecule has 1 aromatic rings. The molecule has 0 spiro atoms. The van der Waals surface area contributed by atoms with E-state index < -0.39 is 17.9 Å². The van der Waals surface area contributed by atoms with Gasteiger partial charge in [0.1, 0.15) is 4.60 Å². The highest BCUT2D eigenvalue weighted by atomic mass is 127. The fourth-order valence-electron chi connectivity index (χ4n) is 0.636. The Labute approximate surface area is 97.9 Å². The van der Waals surface area contributed by atoms with Crippen molar-refractivity contribution in [2.75, 3.05) is 0 Å². The van der Waals surface area contributed by atoms with Crippen molar-refractivity contribution in [1.82, 2.24) is 4.98 Å². The molecule has 0 N–H and O–H groups in total. The van der Waals surface area contributed by atoms with Gasteiger partial charge in [0.15, 0.2) is 11.6 Å². The number of hydrogen-bond donors (Lipinski definition) is 0. The molecule has 0 aliphatic heterocycles. The Morgan fingerprint density at radius 1 is 1.43 bits per heavy atom. The molecule has 8 heteroatoms. The normalized spacial score (nSPS) is 11.6. The number of aromatic nitrogens is 1. The lowest BCUT2D eigenvalue weighted by atomic mass is 10.4. The minimum absolute atomic E-state index is 0.0550. The van der Waals surface area contributed by atoms with Crippen LogP contribution in [-0.4, -0.2) is 11.3 Å². The molecule has 0 fully saturated rings. The summed E-state index contributed by atoms with van der Waals surface area (Å²) in [5.74, 6) is -2.05. The molecule has 0 amide bonds. The van der Waals surface area contributed by atoms with Crippen LogP contribution in [-0.2, 0) is 0 Å². The van der Waals surface area contributed by atoms with E-state index in [0.717, 1.165) is 6.20 Å².